The number of hydrogen-bond acceptors (Lipinski definition) is 1. The van der Waals surface area contributed by atoms with Gasteiger partial charge in [0.05, 0.1) is 0 Å². The van der Waals surface area contributed by atoms with Crippen LogP contribution < -0.4 is 5.32 Å². The molecule has 1 N–H and O–H groups in total. The molecule has 2 aromatic rings. The summed E-state index contributed by atoms with van der Waals surface area (Å²) in [6.07, 6.45) is 3.54. The molecule has 0 spiro atoms. The molecule has 0 radical (unpaired) electrons. The van der Waals surface area contributed by atoms with Crippen LogP contribution in [0.25, 0.3) is 10.9 Å². The number of hydrogen-bond donors (Lipinski definition) is 1. The van der Waals surface area contributed by atoms with E-state index in [1.807, 2.05) is 0 Å². The summed E-state index contributed by atoms with van der Waals surface area (Å²) < 4.78 is 3.45. The largest absolute Gasteiger partial charge is 0.350 e. The van der Waals surface area contributed by atoms with Gasteiger partial charge in [-0.3, -0.25) is 0 Å². The Balaban J connectivity index is 2.24. The van der Waals surface area contributed by atoms with Crippen molar-refractivity contribution >= 4 is 26.8 Å². The maximum Gasteiger partial charge on any atom is 0.0492 e. The average Bonchev–Trinajstić information content (AvgIpc) is 2.87. The Kier molecular flexibility index (Phi) is 2.52. The molecule has 0 bridgehead atoms. The zero-order valence-electron chi connectivity index (χ0n) is 9.33. The normalized spacial score (nSPS) is 20.8. The summed E-state index contributed by atoms with van der Waals surface area (Å²) in [4.78, 5) is 0. The zero-order chi connectivity index (χ0) is 11.1. The molecule has 1 saturated heterocycles. The molecule has 1 fully saturated rings. The molecule has 1 aliphatic rings. The van der Waals surface area contributed by atoms with Crippen molar-refractivity contribution in [2.45, 2.75) is 12.3 Å². The third-order valence-electron chi connectivity index (χ3n) is 3.49. The standard InChI is InChI=1S/C13H15BrN2/c1-16-8-10(9-5-6-15-7-9)13-11(14)3-2-4-12(13)16/h2-4,8-9,15H,5-7H2,1H3. The van der Waals surface area contributed by atoms with Crippen LogP contribution in [0.4, 0.5) is 0 Å². The van der Waals surface area contributed by atoms with Crippen LogP contribution in [0.15, 0.2) is 28.9 Å². The molecule has 1 aromatic carbocycles. The van der Waals surface area contributed by atoms with Crippen molar-refractivity contribution in [2.75, 3.05) is 13.1 Å². The first kappa shape index (κ1) is 10.4. The van der Waals surface area contributed by atoms with Crippen molar-refractivity contribution in [3.05, 3.63) is 34.4 Å². The number of aromatic nitrogens is 1. The molecular formula is C13H15BrN2. The van der Waals surface area contributed by atoms with E-state index in [0.29, 0.717) is 5.92 Å². The highest BCUT2D eigenvalue weighted by Crippen LogP contribution is 2.35. The van der Waals surface area contributed by atoms with Gasteiger partial charge in [0.1, 0.15) is 0 Å². The number of halogens is 1. The van der Waals surface area contributed by atoms with Crippen LogP contribution in [0.5, 0.6) is 0 Å². The van der Waals surface area contributed by atoms with Gasteiger partial charge in [-0.2, -0.15) is 0 Å². The highest BCUT2D eigenvalue weighted by atomic mass is 79.9. The second-order valence-electron chi connectivity index (χ2n) is 4.52. The summed E-state index contributed by atoms with van der Waals surface area (Å²) in [6.45, 7) is 2.26. The first-order valence-electron chi connectivity index (χ1n) is 5.71. The van der Waals surface area contributed by atoms with Crippen LogP contribution in [0, 0.1) is 0 Å². The summed E-state index contributed by atoms with van der Waals surface area (Å²) in [7, 11) is 2.13. The first-order valence-corrected chi connectivity index (χ1v) is 6.51. The van der Waals surface area contributed by atoms with Crippen molar-refractivity contribution in [2.24, 2.45) is 7.05 Å². The number of rotatable bonds is 1. The van der Waals surface area contributed by atoms with Crippen LogP contribution in [-0.2, 0) is 7.05 Å². The number of benzene rings is 1. The lowest BCUT2D eigenvalue weighted by molar-refractivity contribution is 0.763. The lowest BCUT2D eigenvalue weighted by Crippen LogP contribution is -2.07. The van der Waals surface area contributed by atoms with E-state index >= 15 is 0 Å². The van der Waals surface area contributed by atoms with Gasteiger partial charge in [0.15, 0.2) is 0 Å². The van der Waals surface area contributed by atoms with Crippen molar-refractivity contribution in [3.8, 4) is 0 Å². The van der Waals surface area contributed by atoms with E-state index in [1.54, 1.807) is 0 Å². The number of nitrogens with one attached hydrogen (secondary N) is 1. The van der Waals surface area contributed by atoms with Gasteiger partial charge in [-0.25, -0.2) is 0 Å². The van der Waals surface area contributed by atoms with Gasteiger partial charge >= 0.3 is 0 Å². The lowest BCUT2D eigenvalue weighted by Gasteiger charge is -2.07. The van der Waals surface area contributed by atoms with Crippen LogP contribution in [0.3, 0.4) is 0 Å². The van der Waals surface area contributed by atoms with E-state index in [1.165, 1.54) is 27.4 Å². The van der Waals surface area contributed by atoms with E-state index < -0.39 is 0 Å². The second-order valence-corrected chi connectivity index (χ2v) is 5.37. The van der Waals surface area contributed by atoms with Gasteiger partial charge < -0.3 is 9.88 Å². The Labute approximate surface area is 104 Å². The van der Waals surface area contributed by atoms with Gasteiger partial charge in [0, 0.05) is 35.2 Å². The number of fused-ring (bicyclic) bond motifs is 1. The Hall–Kier alpha value is -0.800. The smallest absolute Gasteiger partial charge is 0.0492 e. The fraction of sp³-hybridized carbons (Fsp3) is 0.385. The Morgan fingerprint density at radius 2 is 2.31 bits per heavy atom. The van der Waals surface area contributed by atoms with Crippen molar-refractivity contribution in [1.82, 2.24) is 9.88 Å². The maximum atomic E-state index is 3.67. The molecule has 0 saturated carbocycles. The minimum Gasteiger partial charge on any atom is -0.350 e. The van der Waals surface area contributed by atoms with Gasteiger partial charge in [-0.1, -0.05) is 22.0 Å². The quantitative estimate of drug-likeness (QED) is 0.849. The topological polar surface area (TPSA) is 17.0 Å². The minimum absolute atomic E-state index is 0.669. The molecule has 2 heterocycles. The van der Waals surface area contributed by atoms with E-state index in [2.05, 4.69) is 57.3 Å². The molecule has 1 aliphatic heterocycles. The second kappa shape index (κ2) is 3.90. The third-order valence-corrected chi connectivity index (χ3v) is 4.15. The molecule has 1 aromatic heterocycles. The molecular weight excluding hydrogens is 264 g/mol. The van der Waals surface area contributed by atoms with Gasteiger partial charge in [-0.05, 0) is 36.6 Å². The summed E-state index contributed by atoms with van der Waals surface area (Å²) in [5, 5.41) is 4.83. The summed E-state index contributed by atoms with van der Waals surface area (Å²) in [5.41, 5.74) is 2.80. The lowest BCUT2D eigenvalue weighted by atomic mass is 9.98. The highest BCUT2D eigenvalue weighted by molar-refractivity contribution is 9.10. The summed E-state index contributed by atoms with van der Waals surface area (Å²) in [5.74, 6) is 0.669. The molecule has 3 rings (SSSR count). The average molecular weight is 279 g/mol. The third kappa shape index (κ3) is 1.50. The summed E-state index contributed by atoms with van der Waals surface area (Å²) >= 11 is 3.67. The SMILES string of the molecule is Cn1cc(C2CCNC2)c2c(Br)cccc21. The van der Waals surface area contributed by atoms with Crippen molar-refractivity contribution in [1.29, 1.82) is 0 Å². The van der Waals surface area contributed by atoms with Gasteiger partial charge in [0.2, 0.25) is 0 Å². The van der Waals surface area contributed by atoms with E-state index in [9.17, 15) is 0 Å². The number of aryl methyl sites for hydroxylation is 1. The monoisotopic (exact) mass is 278 g/mol. The fourth-order valence-electron chi connectivity index (χ4n) is 2.66. The molecule has 84 valence electrons. The van der Waals surface area contributed by atoms with E-state index in [0.717, 1.165) is 13.1 Å². The maximum absolute atomic E-state index is 3.67. The molecule has 0 aliphatic carbocycles. The summed E-state index contributed by atoms with van der Waals surface area (Å²) in [6, 6.07) is 6.42. The predicted molar refractivity (Wildman–Crippen MR) is 70.8 cm³/mol. The Morgan fingerprint density at radius 1 is 1.44 bits per heavy atom. The number of nitrogens with zero attached hydrogens (tertiary/aromatic N) is 1. The molecule has 1 unspecified atom stereocenters. The minimum atomic E-state index is 0.669. The van der Waals surface area contributed by atoms with Crippen LogP contribution >= 0.6 is 15.9 Å². The van der Waals surface area contributed by atoms with Crippen LogP contribution in [-0.4, -0.2) is 17.7 Å². The van der Waals surface area contributed by atoms with Gasteiger partial charge in [0.25, 0.3) is 0 Å². The molecule has 2 nitrogen and oxygen atoms in total. The molecule has 0 amide bonds. The van der Waals surface area contributed by atoms with E-state index in [-0.39, 0.29) is 0 Å². The van der Waals surface area contributed by atoms with E-state index in [4.69, 9.17) is 0 Å². The fourth-order valence-corrected chi connectivity index (χ4v) is 3.25. The molecule has 1 atom stereocenters. The van der Waals surface area contributed by atoms with Crippen LogP contribution in [0.2, 0.25) is 0 Å². The van der Waals surface area contributed by atoms with Crippen molar-refractivity contribution < 1.29 is 0 Å². The first-order chi connectivity index (χ1) is 7.77. The van der Waals surface area contributed by atoms with Crippen molar-refractivity contribution in [3.63, 3.8) is 0 Å². The molecule has 3 heteroatoms. The zero-order valence-corrected chi connectivity index (χ0v) is 10.9. The van der Waals surface area contributed by atoms with Gasteiger partial charge in [-0.15, -0.1) is 0 Å². The highest BCUT2D eigenvalue weighted by Gasteiger charge is 2.21. The predicted octanol–water partition coefficient (Wildman–Crippen LogP) is 3.02. The Morgan fingerprint density at radius 3 is 3.06 bits per heavy atom. The Bertz CT molecular complexity index is 524. The molecule has 16 heavy (non-hydrogen) atoms. The van der Waals surface area contributed by atoms with Crippen LogP contribution in [0.1, 0.15) is 17.9 Å².